The van der Waals surface area contributed by atoms with Gasteiger partial charge in [0.05, 0.1) is 21.7 Å². The van der Waals surface area contributed by atoms with Crippen LogP contribution in [0.3, 0.4) is 0 Å². The van der Waals surface area contributed by atoms with Crippen molar-refractivity contribution in [3.8, 4) is 0 Å². The second-order valence-corrected chi connectivity index (χ2v) is 5.15. The lowest BCUT2D eigenvalue weighted by Crippen LogP contribution is -2.62. The predicted octanol–water partition coefficient (Wildman–Crippen LogP) is 1.10. The van der Waals surface area contributed by atoms with Crippen LogP contribution in [-0.2, 0) is 4.79 Å². The molecule has 0 saturated carbocycles. The molecule has 2 fully saturated rings. The van der Waals surface area contributed by atoms with Gasteiger partial charge in [-0.15, -0.1) is 0 Å². The second kappa shape index (κ2) is 4.64. The molecule has 1 aromatic rings. The van der Waals surface area contributed by atoms with E-state index in [1.165, 1.54) is 6.07 Å². The van der Waals surface area contributed by atoms with Gasteiger partial charge in [-0.2, -0.15) is 0 Å². The second-order valence-electron chi connectivity index (χ2n) is 4.33. The Morgan fingerprint density at radius 2 is 2.00 bits per heavy atom. The Hall–Kier alpha value is -1.34. The van der Waals surface area contributed by atoms with Crippen molar-refractivity contribution in [3.05, 3.63) is 28.2 Å². The van der Waals surface area contributed by atoms with Gasteiger partial charge in [-0.1, -0.05) is 23.2 Å². The highest BCUT2D eigenvalue weighted by molar-refractivity contribution is 6.42. The zero-order valence-electron chi connectivity index (χ0n) is 9.61. The molecule has 8 heteroatoms. The lowest BCUT2D eigenvalue weighted by atomic mass is 10.0. The van der Waals surface area contributed by atoms with Gasteiger partial charge in [0.2, 0.25) is 5.91 Å². The Bertz CT molecular complexity index is 566. The fourth-order valence-electron chi connectivity index (χ4n) is 2.20. The van der Waals surface area contributed by atoms with Crippen molar-refractivity contribution in [2.75, 3.05) is 11.4 Å². The van der Waals surface area contributed by atoms with Crippen LogP contribution in [-0.4, -0.2) is 24.6 Å². The van der Waals surface area contributed by atoms with Crippen LogP contribution >= 0.6 is 23.2 Å². The van der Waals surface area contributed by atoms with Gasteiger partial charge in [0.25, 0.3) is 0 Å². The zero-order valence-corrected chi connectivity index (χ0v) is 11.1. The summed E-state index contributed by atoms with van der Waals surface area (Å²) >= 11 is 11.7. The van der Waals surface area contributed by atoms with E-state index in [1.54, 1.807) is 12.1 Å². The minimum Gasteiger partial charge on any atom is -0.320 e. The molecule has 2 saturated heterocycles. The van der Waals surface area contributed by atoms with E-state index in [2.05, 4.69) is 16.2 Å². The fraction of sp³-hybridized carbons (Fsp3) is 0.273. The quantitative estimate of drug-likeness (QED) is 0.726. The summed E-state index contributed by atoms with van der Waals surface area (Å²) in [5.41, 5.74) is 6.09. The summed E-state index contributed by atoms with van der Waals surface area (Å²) in [6.45, 7) is 0.460. The van der Waals surface area contributed by atoms with Crippen molar-refractivity contribution in [3.63, 3.8) is 0 Å². The molecule has 0 radical (unpaired) electrons. The third-order valence-electron chi connectivity index (χ3n) is 3.16. The van der Waals surface area contributed by atoms with Gasteiger partial charge in [-0.3, -0.25) is 10.2 Å². The van der Waals surface area contributed by atoms with Crippen LogP contribution in [0.5, 0.6) is 0 Å². The molecule has 0 bridgehead atoms. The van der Waals surface area contributed by atoms with Gasteiger partial charge in [0.15, 0.2) is 0 Å². The minimum absolute atomic E-state index is 0.273. The first kappa shape index (κ1) is 12.7. The number of carbonyl (C=O) groups excluding carboxylic acids is 2. The number of nitrogens with one attached hydrogen (secondary N) is 3. The third kappa shape index (κ3) is 2.06. The molecule has 3 amide bonds. The van der Waals surface area contributed by atoms with Crippen molar-refractivity contribution in [2.45, 2.75) is 6.17 Å². The number of fused-ring (bicyclic) bond motifs is 1. The molecule has 100 valence electrons. The molecular formula is C11H10Cl2N4O2. The maximum absolute atomic E-state index is 12.3. The van der Waals surface area contributed by atoms with Crippen LogP contribution in [0, 0.1) is 5.92 Å². The number of hydrogen-bond acceptors (Lipinski definition) is 4. The number of urea groups is 1. The van der Waals surface area contributed by atoms with Crippen LogP contribution in [0.15, 0.2) is 18.2 Å². The summed E-state index contributed by atoms with van der Waals surface area (Å²) < 4.78 is 0. The summed E-state index contributed by atoms with van der Waals surface area (Å²) in [5.74, 6) is -0.614. The number of amides is 3. The van der Waals surface area contributed by atoms with Gasteiger partial charge in [-0.25, -0.2) is 15.1 Å². The molecule has 2 atom stereocenters. The first-order valence-electron chi connectivity index (χ1n) is 5.66. The average Bonchev–Trinajstić information content (AvgIpc) is 2.82. The molecule has 2 unspecified atom stereocenters. The van der Waals surface area contributed by atoms with Crippen LogP contribution in [0.4, 0.5) is 10.5 Å². The lowest BCUT2D eigenvalue weighted by Gasteiger charge is -2.33. The molecule has 2 aliphatic rings. The molecule has 1 aromatic carbocycles. The number of hydrogen-bond donors (Lipinski definition) is 3. The Morgan fingerprint density at radius 1 is 1.21 bits per heavy atom. The molecule has 2 heterocycles. The normalized spacial score (nSPS) is 26.3. The van der Waals surface area contributed by atoms with Crippen molar-refractivity contribution < 1.29 is 9.59 Å². The van der Waals surface area contributed by atoms with E-state index in [0.29, 0.717) is 22.3 Å². The minimum atomic E-state index is -0.485. The van der Waals surface area contributed by atoms with Crippen LogP contribution in [0.2, 0.25) is 10.0 Å². The van der Waals surface area contributed by atoms with Gasteiger partial charge in [-0.05, 0) is 18.2 Å². The number of carbonyl (C=O) groups is 2. The number of imide groups is 1. The molecule has 0 spiro atoms. The Morgan fingerprint density at radius 3 is 2.74 bits per heavy atom. The predicted molar refractivity (Wildman–Crippen MR) is 70.9 cm³/mol. The van der Waals surface area contributed by atoms with Gasteiger partial charge in [0, 0.05) is 6.54 Å². The molecule has 2 aliphatic heterocycles. The summed E-state index contributed by atoms with van der Waals surface area (Å²) in [6.07, 6.45) is -0.376. The number of nitrogens with zero attached hydrogens (tertiary/aromatic N) is 1. The summed E-state index contributed by atoms with van der Waals surface area (Å²) in [5, 5.41) is 3.38. The highest BCUT2D eigenvalue weighted by Crippen LogP contribution is 2.29. The molecular weight excluding hydrogens is 291 g/mol. The van der Waals surface area contributed by atoms with E-state index in [1.807, 2.05) is 0 Å². The fourth-order valence-corrected chi connectivity index (χ4v) is 2.49. The summed E-state index contributed by atoms with van der Waals surface area (Å²) in [6, 6.07) is 4.15. The Balaban J connectivity index is 1.96. The van der Waals surface area contributed by atoms with E-state index in [9.17, 15) is 9.59 Å². The van der Waals surface area contributed by atoms with Gasteiger partial charge >= 0.3 is 6.03 Å². The van der Waals surface area contributed by atoms with Crippen molar-refractivity contribution in [1.82, 2.24) is 16.2 Å². The van der Waals surface area contributed by atoms with E-state index in [4.69, 9.17) is 23.2 Å². The maximum Gasteiger partial charge on any atom is 0.330 e. The molecule has 0 aliphatic carbocycles. The van der Waals surface area contributed by atoms with E-state index < -0.39 is 6.03 Å². The smallest absolute Gasteiger partial charge is 0.320 e. The molecule has 3 rings (SSSR count). The van der Waals surface area contributed by atoms with Crippen molar-refractivity contribution in [1.29, 1.82) is 0 Å². The topological polar surface area (TPSA) is 73.5 Å². The number of anilines is 1. The molecule has 3 N–H and O–H groups in total. The van der Waals surface area contributed by atoms with E-state index in [-0.39, 0.29) is 18.0 Å². The molecule has 19 heavy (non-hydrogen) atoms. The first-order valence-corrected chi connectivity index (χ1v) is 6.41. The summed E-state index contributed by atoms with van der Waals surface area (Å²) in [4.78, 5) is 25.4. The number of benzene rings is 1. The van der Waals surface area contributed by atoms with Crippen molar-refractivity contribution in [2.24, 2.45) is 5.92 Å². The standard InChI is InChI=1S/C11H10Cl2N4O2/c12-7-2-1-5(3-8(7)13)17-10(18)6-4-14-16-9(6)15-11(17)19/h1-3,6,9,14,16H,4H2,(H,15,19). The molecule has 0 aromatic heterocycles. The maximum atomic E-state index is 12.3. The van der Waals surface area contributed by atoms with E-state index in [0.717, 1.165) is 4.90 Å². The lowest BCUT2D eigenvalue weighted by molar-refractivity contribution is -0.122. The summed E-state index contributed by atoms with van der Waals surface area (Å²) in [7, 11) is 0. The first-order chi connectivity index (χ1) is 9.08. The van der Waals surface area contributed by atoms with Gasteiger partial charge < -0.3 is 5.32 Å². The van der Waals surface area contributed by atoms with Crippen LogP contribution in [0.1, 0.15) is 0 Å². The number of hydrazine groups is 1. The largest absolute Gasteiger partial charge is 0.330 e. The Labute approximate surface area is 119 Å². The number of halogens is 2. The zero-order chi connectivity index (χ0) is 13.6. The van der Waals surface area contributed by atoms with Crippen molar-refractivity contribution >= 4 is 40.8 Å². The average molecular weight is 301 g/mol. The third-order valence-corrected chi connectivity index (χ3v) is 3.90. The number of rotatable bonds is 1. The van der Waals surface area contributed by atoms with Crippen LogP contribution < -0.4 is 21.1 Å². The van der Waals surface area contributed by atoms with E-state index >= 15 is 0 Å². The van der Waals surface area contributed by atoms with Gasteiger partial charge in [0.1, 0.15) is 6.17 Å². The monoisotopic (exact) mass is 300 g/mol. The highest BCUT2D eigenvalue weighted by Gasteiger charge is 2.44. The highest BCUT2D eigenvalue weighted by atomic mass is 35.5. The molecule has 6 nitrogen and oxygen atoms in total. The SMILES string of the molecule is O=C1NC2NNCC2C(=O)N1c1ccc(Cl)c(Cl)c1. The van der Waals surface area contributed by atoms with Crippen LogP contribution in [0.25, 0.3) is 0 Å². The Kier molecular flexibility index (Phi) is 3.10.